The molecule has 0 aliphatic carbocycles. The lowest BCUT2D eigenvalue weighted by Gasteiger charge is -2.15. The van der Waals surface area contributed by atoms with Crippen LogP contribution in [0.15, 0.2) is 60.9 Å². The number of ether oxygens (including phenoxy) is 2. The minimum Gasteiger partial charge on any atom is -0.361 e. The molecular formula is C35H50N2O2Si3. The Hall–Kier alpha value is -2.79. The van der Waals surface area contributed by atoms with Crippen LogP contribution in [0.25, 0.3) is 21.8 Å². The predicted octanol–water partition coefficient (Wildman–Crippen LogP) is 9.12. The molecule has 2 aromatic carbocycles. The summed E-state index contributed by atoms with van der Waals surface area (Å²) in [7, 11) is -3.34. The molecule has 0 bridgehead atoms. The van der Waals surface area contributed by atoms with Gasteiger partial charge < -0.3 is 18.6 Å². The smallest absolute Gasteiger partial charge is 0.129 e. The molecule has 2 heterocycles. The maximum Gasteiger partial charge on any atom is 0.129 e. The van der Waals surface area contributed by atoms with Crippen LogP contribution in [-0.2, 0) is 22.9 Å². The summed E-state index contributed by atoms with van der Waals surface area (Å²) in [4.78, 5) is 0. The highest BCUT2D eigenvalue weighted by Gasteiger charge is 2.13. The van der Waals surface area contributed by atoms with E-state index in [1.165, 1.54) is 33.9 Å². The van der Waals surface area contributed by atoms with Crippen LogP contribution in [0.1, 0.15) is 11.1 Å². The summed E-state index contributed by atoms with van der Waals surface area (Å²) in [5.41, 5.74) is 7.85. The average molecular weight is 615 g/mol. The minimum absolute atomic E-state index is 0.614. The molecule has 0 saturated heterocycles. The molecule has 0 aliphatic heterocycles. The summed E-state index contributed by atoms with van der Waals surface area (Å²) in [5.74, 6) is 5.99. The van der Waals surface area contributed by atoms with E-state index in [-0.39, 0.29) is 0 Å². The van der Waals surface area contributed by atoms with Crippen molar-refractivity contribution >= 4 is 46.0 Å². The lowest BCUT2D eigenvalue weighted by Crippen LogP contribution is -2.21. The Kier molecular flexibility index (Phi) is 11.7. The molecule has 0 fully saturated rings. The summed E-state index contributed by atoms with van der Waals surface area (Å²) in [6.45, 7) is 24.0. The van der Waals surface area contributed by atoms with Crippen molar-refractivity contribution in [1.82, 2.24) is 9.13 Å². The average Bonchev–Trinajstić information content (AvgIpc) is 3.50. The molecule has 0 radical (unpaired) electrons. The first-order chi connectivity index (χ1) is 19.6. The highest BCUT2D eigenvalue weighted by Crippen LogP contribution is 2.19. The van der Waals surface area contributed by atoms with E-state index in [0.29, 0.717) is 13.5 Å². The van der Waals surface area contributed by atoms with E-state index in [9.17, 15) is 0 Å². The number of benzene rings is 2. The van der Waals surface area contributed by atoms with E-state index in [1.54, 1.807) is 0 Å². The summed E-state index contributed by atoms with van der Waals surface area (Å²) in [6.07, 6.45) is 9.57. The van der Waals surface area contributed by atoms with Crippen molar-refractivity contribution in [3.63, 3.8) is 0 Å². The second-order valence-corrected chi connectivity index (χ2v) is 30.5. The van der Waals surface area contributed by atoms with Crippen molar-refractivity contribution < 1.29 is 9.47 Å². The molecule has 0 N–H and O–H groups in total. The minimum atomic E-state index is -1.32. The number of terminal acetylenes is 1. The van der Waals surface area contributed by atoms with Crippen molar-refractivity contribution in [2.45, 2.75) is 84.5 Å². The lowest BCUT2D eigenvalue weighted by atomic mass is 10.2. The van der Waals surface area contributed by atoms with Gasteiger partial charge in [0.2, 0.25) is 0 Å². The highest BCUT2D eigenvalue weighted by molar-refractivity contribution is 6.83. The van der Waals surface area contributed by atoms with Crippen LogP contribution in [0, 0.1) is 23.8 Å². The zero-order chi connectivity index (χ0) is 31.0. The van der Waals surface area contributed by atoms with Crippen molar-refractivity contribution in [3.8, 4) is 23.8 Å². The number of rotatable bonds is 10. The monoisotopic (exact) mass is 614 g/mol. The third-order valence-electron chi connectivity index (χ3n) is 6.74. The van der Waals surface area contributed by atoms with Crippen molar-refractivity contribution in [3.05, 3.63) is 72.1 Å². The van der Waals surface area contributed by atoms with Crippen LogP contribution < -0.4 is 0 Å². The Morgan fingerprint density at radius 3 is 1.52 bits per heavy atom. The van der Waals surface area contributed by atoms with Crippen LogP contribution in [-0.4, -0.2) is 46.6 Å². The van der Waals surface area contributed by atoms with E-state index >= 15 is 0 Å². The summed E-state index contributed by atoms with van der Waals surface area (Å²) in [6, 6.07) is 19.2. The molecule has 4 nitrogen and oxygen atoms in total. The lowest BCUT2D eigenvalue weighted by molar-refractivity contribution is 0.0901. The molecule has 224 valence electrons. The van der Waals surface area contributed by atoms with Crippen molar-refractivity contribution in [2.24, 2.45) is 0 Å². The maximum atomic E-state index is 5.86. The normalized spacial score (nSPS) is 12.0. The fourth-order valence-corrected chi connectivity index (χ4v) is 6.17. The summed E-state index contributed by atoms with van der Waals surface area (Å²) < 4.78 is 15.9. The van der Waals surface area contributed by atoms with Gasteiger partial charge in [-0.1, -0.05) is 70.8 Å². The molecule has 7 heteroatoms. The quantitative estimate of drug-likeness (QED) is 0.101. The number of aromatic nitrogens is 2. The van der Waals surface area contributed by atoms with Crippen molar-refractivity contribution in [2.75, 3.05) is 13.2 Å². The Morgan fingerprint density at radius 2 is 1.10 bits per heavy atom. The maximum absolute atomic E-state index is 5.86. The van der Waals surface area contributed by atoms with Gasteiger partial charge >= 0.3 is 0 Å². The van der Waals surface area contributed by atoms with Gasteiger partial charge in [0.15, 0.2) is 0 Å². The van der Waals surface area contributed by atoms with E-state index in [1.807, 2.05) is 12.1 Å². The van der Waals surface area contributed by atoms with Gasteiger partial charge in [0.05, 0.1) is 11.0 Å². The third-order valence-corrected chi connectivity index (χ3v) is 11.0. The van der Waals surface area contributed by atoms with E-state index in [0.717, 1.165) is 24.3 Å². The van der Waals surface area contributed by atoms with Gasteiger partial charge in [-0.2, -0.15) is 0 Å². The summed E-state index contributed by atoms with van der Waals surface area (Å²) in [5, 5.41) is 2.41. The first-order valence-electron chi connectivity index (χ1n) is 15.0. The summed E-state index contributed by atoms with van der Waals surface area (Å²) >= 11 is 0. The molecule has 42 heavy (non-hydrogen) atoms. The molecular weight excluding hydrogens is 565 g/mol. The van der Waals surface area contributed by atoms with Crippen LogP contribution in [0.4, 0.5) is 0 Å². The van der Waals surface area contributed by atoms with Gasteiger partial charge in [0.25, 0.3) is 0 Å². The van der Waals surface area contributed by atoms with Crippen LogP contribution >= 0.6 is 0 Å². The predicted molar refractivity (Wildman–Crippen MR) is 190 cm³/mol. The van der Waals surface area contributed by atoms with Crippen molar-refractivity contribution in [1.29, 1.82) is 0 Å². The molecule has 0 unspecified atom stereocenters. The van der Waals surface area contributed by atoms with E-state index in [4.69, 9.17) is 15.9 Å². The number of fused-ring (bicyclic) bond motifs is 2. The number of nitrogens with zero attached hydrogens (tertiary/aromatic N) is 2. The topological polar surface area (TPSA) is 28.3 Å². The number of hydrogen-bond donors (Lipinski definition) is 0. The molecule has 2 aromatic heterocycles. The largest absolute Gasteiger partial charge is 0.361 e. The van der Waals surface area contributed by atoms with E-state index in [2.05, 4.69) is 134 Å². The van der Waals surface area contributed by atoms with E-state index < -0.39 is 24.2 Å². The number of hydrogen-bond acceptors (Lipinski definition) is 2. The zero-order valence-electron chi connectivity index (χ0n) is 27.3. The first kappa shape index (κ1) is 33.7. The van der Waals surface area contributed by atoms with Gasteiger partial charge in [-0.25, -0.2) is 0 Å². The zero-order valence-corrected chi connectivity index (χ0v) is 30.3. The molecule has 4 aromatic rings. The standard InChI is InChI=1S/C19H29NOSi2.C16H21NOSi/c1-22(2,3)13-10-17-7-8-19-18(15-17)9-11-20(19)16-21-12-14-23(4,5)6;1-5-14-6-7-16-15(12-14)8-9-17(16)13-18-10-11-19(2,3)4/h7-9,11,15H,12,14,16H2,1-6H3;1,6-9,12H,10-11,13H2,2-4H3. The third kappa shape index (κ3) is 11.5. The molecule has 0 amide bonds. The van der Waals surface area contributed by atoms with Gasteiger partial charge in [-0.05, 0) is 60.6 Å². The molecule has 4 rings (SSSR count). The van der Waals surface area contributed by atoms with Gasteiger partial charge in [0.1, 0.15) is 21.5 Å². The second-order valence-electron chi connectivity index (χ2n) is 14.5. The molecule has 0 saturated carbocycles. The first-order valence-corrected chi connectivity index (χ1v) is 25.9. The van der Waals surface area contributed by atoms with Crippen LogP contribution in [0.5, 0.6) is 0 Å². The Balaban J connectivity index is 0.000000235. The Labute approximate surface area is 257 Å². The van der Waals surface area contributed by atoms with Gasteiger partial charge in [-0.15, -0.1) is 12.0 Å². The molecule has 0 atom stereocenters. The fourth-order valence-electron chi connectivity index (χ4n) is 4.14. The molecule has 0 aliphatic rings. The molecule has 0 spiro atoms. The fraction of sp³-hybridized carbons (Fsp3) is 0.429. The van der Waals surface area contributed by atoms with Gasteiger partial charge in [0, 0.05) is 63.7 Å². The van der Waals surface area contributed by atoms with Gasteiger partial charge in [-0.3, -0.25) is 0 Å². The van der Waals surface area contributed by atoms with Crippen LogP contribution in [0.2, 0.25) is 71.0 Å². The highest BCUT2D eigenvalue weighted by atomic mass is 28.3. The SMILES string of the molecule is C#Cc1ccc2c(ccn2COCC[Si](C)(C)C)c1.C[Si](C)(C)C#Cc1ccc2c(ccn2COCC[Si](C)(C)C)c1. The second kappa shape index (κ2) is 14.6. The Morgan fingerprint density at radius 1 is 0.643 bits per heavy atom. The Bertz CT molecular complexity index is 1560. The van der Waals surface area contributed by atoms with Crippen LogP contribution in [0.3, 0.4) is 0 Å².